The first-order chi connectivity index (χ1) is 12.7. The minimum atomic E-state index is -0.0669. The van der Waals surface area contributed by atoms with Crippen LogP contribution in [-0.2, 0) is 20.1 Å². The predicted molar refractivity (Wildman–Crippen MR) is 94.1 cm³/mol. The third-order valence-electron chi connectivity index (χ3n) is 4.19. The van der Waals surface area contributed by atoms with E-state index in [1.54, 1.807) is 46.8 Å². The number of aromatic amines is 1. The second-order valence-corrected chi connectivity index (χ2v) is 6.04. The van der Waals surface area contributed by atoms with E-state index in [9.17, 15) is 4.79 Å². The van der Waals surface area contributed by atoms with Crippen molar-refractivity contribution in [1.29, 1.82) is 0 Å². The molecule has 0 saturated heterocycles. The van der Waals surface area contributed by atoms with E-state index in [0.717, 1.165) is 10.9 Å². The molecule has 4 aromatic heterocycles. The molecule has 0 aliphatic rings. The molecule has 0 aliphatic heterocycles. The van der Waals surface area contributed by atoms with Gasteiger partial charge in [0.1, 0.15) is 0 Å². The van der Waals surface area contributed by atoms with Gasteiger partial charge < -0.3 is 9.47 Å². The highest BCUT2D eigenvalue weighted by Gasteiger charge is 2.20. The highest BCUT2D eigenvalue weighted by molar-refractivity contribution is 6.05. The predicted octanol–water partition coefficient (Wildman–Crippen LogP) is 1.23. The summed E-state index contributed by atoms with van der Waals surface area (Å²) in [6, 6.07) is 1.73. The summed E-state index contributed by atoms with van der Waals surface area (Å²) in [6.07, 6.45) is 12.3. The van der Waals surface area contributed by atoms with Gasteiger partial charge in [-0.2, -0.15) is 10.2 Å². The molecule has 1 N–H and O–H groups in total. The van der Waals surface area contributed by atoms with Crippen LogP contribution in [0.4, 0.5) is 0 Å². The fourth-order valence-corrected chi connectivity index (χ4v) is 2.89. The Kier molecular flexibility index (Phi) is 4.18. The number of imidazole rings is 1. The monoisotopic (exact) mass is 350 g/mol. The highest BCUT2D eigenvalue weighted by atomic mass is 16.2. The van der Waals surface area contributed by atoms with Crippen LogP contribution in [0, 0.1) is 0 Å². The Morgan fingerprint density at radius 3 is 3.00 bits per heavy atom. The molecule has 0 atom stereocenters. The van der Waals surface area contributed by atoms with Gasteiger partial charge in [-0.25, -0.2) is 9.97 Å². The molecule has 0 saturated carbocycles. The molecule has 4 heterocycles. The zero-order chi connectivity index (χ0) is 17.9. The molecule has 132 valence electrons. The number of carbonyl (C=O) groups is 1. The molecule has 26 heavy (non-hydrogen) atoms. The van der Waals surface area contributed by atoms with Gasteiger partial charge in [0.2, 0.25) is 0 Å². The van der Waals surface area contributed by atoms with Crippen molar-refractivity contribution in [2.45, 2.75) is 13.1 Å². The van der Waals surface area contributed by atoms with E-state index < -0.39 is 0 Å². The summed E-state index contributed by atoms with van der Waals surface area (Å²) in [5.74, 6) is -0.0669. The number of rotatable bonds is 6. The third-order valence-corrected chi connectivity index (χ3v) is 4.19. The van der Waals surface area contributed by atoms with Crippen LogP contribution in [0.3, 0.4) is 0 Å². The highest BCUT2D eigenvalue weighted by Crippen LogP contribution is 2.17. The number of hydrogen-bond acceptors (Lipinski definition) is 5. The fourth-order valence-electron chi connectivity index (χ4n) is 2.89. The normalized spacial score (nSPS) is 11.1. The molecule has 0 spiro atoms. The third kappa shape index (κ3) is 3.18. The Morgan fingerprint density at radius 1 is 1.31 bits per heavy atom. The standard InChI is InChI=1S/C17H18N8O/c1-23-10-13(8-21-23)11-25(7-6-24-5-4-18-12-24)17(26)14-2-3-19-16-15(14)9-20-22-16/h2-5,8-10,12H,6-7,11H2,1H3,(H,19,20,22). The van der Waals surface area contributed by atoms with Crippen LogP contribution < -0.4 is 0 Å². The van der Waals surface area contributed by atoms with Crippen molar-refractivity contribution in [3.63, 3.8) is 0 Å². The average Bonchev–Trinajstić information content (AvgIpc) is 3.39. The van der Waals surface area contributed by atoms with E-state index in [2.05, 4.69) is 25.3 Å². The lowest BCUT2D eigenvalue weighted by molar-refractivity contribution is 0.0739. The Labute approximate surface area is 149 Å². The summed E-state index contributed by atoms with van der Waals surface area (Å²) in [5, 5.41) is 11.7. The van der Waals surface area contributed by atoms with Gasteiger partial charge in [-0.1, -0.05) is 0 Å². The van der Waals surface area contributed by atoms with Crippen LogP contribution in [0.1, 0.15) is 15.9 Å². The summed E-state index contributed by atoms with van der Waals surface area (Å²) >= 11 is 0. The molecule has 9 heteroatoms. The van der Waals surface area contributed by atoms with E-state index in [0.29, 0.717) is 30.8 Å². The first kappa shape index (κ1) is 16.0. The zero-order valence-corrected chi connectivity index (χ0v) is 14.3. The summed E-state index contributed by atoms with van der Waals surface area (Å²) < 4.78 is 3.68. The zero-order valence-electron chi connectivity index (χ0n) is 14.3. The first-order valence-electron chi connectivity index (χ1n) is 8.21. The summed E-state index contributed by atoms with van der Waals surface area (Å²) in [7, 11) is 1.86. The smallest absolute Gasteiger partial charge is 0.255 e. The van der Waals surface area contributed by atoms with Gasteiger partial charge in [0.05, 0.1) is 29.7 Å². The number of nitrogens with one attached hydrogen (secondary N) is 1. The molecule has 0 fully saturated rings. The molecule has 0 aliphatic carbocycles. The lowest BCUT2D eigenvalue weighted by Crippen LogP contribution is -2.33. The number of amides is 1. The molecule has 1 amide bonds. The minimum absolute atomic E-state index is 0.0669. The van der Waals surface area contributed by atoms with E-state index >= 15 is 0 Å². The van der Waals surface area contributed by atoms with E-state index in [1.165, 1.54) is 0 Å². The van der Waals surface area contributed by atoms with Crippen molar-refractivity contribution in [3.8, 4) is 0 Å². The Bertz CT molecular complexity index is 1020. The van der Waals surface area contributed by atoms with Gasteiger partial charge in [-0.15, -0.1) is 0 Å². The molecule has 0 unspecified atom stereocenters. The molecule has 9 nitrogen and oxygen atoms in total. The quantitative estimate of drug-likeness (QED) is 0.564. The number of fused-ring (bicyclic) bond motifs is 1. The Balaban J connectivity index is 1.62. The van der Waals surface area contributed by atoms with Crippen LogP contribution >= 0.6 is 0 Å². The van der Waals surface area contributed by atoms with Crippen LogP contribution in [0.5, 0.6) is 0 Å². The van der Waals surface area contributed by atoms with E-state index in [4.69, 9.17) is 0 Å². The van der Waals surface area contributed by atoms with Crippen LogP contribution in [0.2, 0.25) is 0 Å². The van der Waals surface area contributed by atoms with Gasteiger partial charge in [0.15, 0.2) is 5.65 Å². The number of aromatic nitrogens is 7. The molecule has 0 radical (unpaired) electrons. The van der Waals surface area contributed by atoms with Gasteiger partial charge in [-0.05, 0) is 6.07 Å². The van der Waals surface area contributed by atoms with Crippen molar-refractivity contribution in [3.05, 3.63) is 60.7 Å². The number of carbonyl (C=O) groups excluding carboxylic acids is 1. The largest absolute Gasteiger partial charge is 0.336 e. The average molecular weight is 350 g/mol. The molecular weight excluding hydrogens is 332 g/mol. The molecule has 4 rings (SSSR count). The maximum absolute atomic E-state index is 13.2. The van der Waals surface area contributed by atoms with Crippen molar-refractivity contribution in [2.24, 2.45) is 7.05 Å². The Hall–Kier alpha value is -3.49. The molecule has 0 aromatic carbocycles. The lowest BCUT2D eigenvalue weighted by Gasteiger charge is -2.22. The summed E-state index contributed by atoms with van der Waals surface area (Å²) in [4.78, 5) is 23.3. The summed E-state index contributed by atoms with van der Waals surface area (Å²) in [5.41, 5.74) is 2.16. The van der Waals surface area contributed by atoms with Gasteiger partial charge in [0, 0.05) is 57.0 Å². The Morgan fingerprint density at radius 2 is 2.23 bits per heavy atom. The van der Waals surface area contributed by atoms with Crippen molar-refractivity contribution in [1.82, 2.24) is 39.4 Å². The van der Waals surface area contributed by atoms with Crippen molar-refractivity contribution >= 4 is 16.9 Å². The van der Waals surface area contributed by atoms with Gasteiger partial charge in [0.25, 0.3) is 5.91 Å². The van der Waals surface area contributed by atoms with E-state index in [1.807, 2.05) is 24.0 Å². The van der Waals surface area contributed by atoms with Gasteiger partial charge >= 0.3 is 0 Å². The van der Waals surface area contributed by atoms with Crippen molar-refractivity contribution < 1.29 is 4.79 Å². The lowest BCUT2D eigenvalue weighted by atomic mass is 10.1. The van der Waals surface area contributed by atoms with Crippen LogP contribution in [0.25, 0.3) is 11.0 Å². The second kappa shape index (κ2) is 6.79. The van der Waals surface area contributed by atoms with Crippen molar-refractivity contribution in [2.75, 3.05) is 6.54 Å². The maximum Gasteiger partial charge on any atom is 0.255 e. The molecular formula is C17H18N8O. The number of aryl methyl sites for hydroxylation is 1. The van der Waals surface area contributed by atoms with Crippen LogP contribution in [0.15, 0.2) is 49.6 Å². The van der Waals surface area contributed by atoms with Crippen LogP contribution in [-0.4, -0.2) is 51.9 Å². The number of nitrogens with zero attached hydrogens (tertiary/aromatic N) is 7. The number of H-pyrrole nitrogens is 1. The van der Waals surface area contributed by atoms with E-state index in [-0.39, 0.29) is 5.91 Å². The van der Waals surface area contributed by atoms with Gasteiger partial charge in [-0.3, -0.25) is 14.6 Å². The number of hydrogen-bond donors (Lipinski definition) is 1. The fraction of sp³-hybridized carbons (Fsp3) is 0.235. The first-order valence-corrected chi connectivity index (χ1v) is 8.21. The SMILES string of the molecule is Cn1cc(CN(CCn2ccnc2)C(=O)c2ccnc3[nH]ncc23)cn1. The molecule has 4 aromatic rings. The maximum atomic E-state index is 13.2. The second-order valence-electron chi connectivity index (χ2n) is 6.04. The molecule has 0 bridgehead atoms. The summed E-state index contributed by atoms with van der Waals surface area (Å²) in [6.45, 7) is 1.68. The topological polar surface area (TPSA) is 97.5 Å². The number of pyridine rings is 1. The minimum Gasteiger partial charge on any atom is -0.336 e.